The van der Waals surface area contributed by atoms with Crippen LogP contribution in [0.3, 0.4) is 0 Å². The molecule has 1 aliphatic rings. The molecule has 7 nitrogen and oxygen atoms in total. The number of anilines is 1. The lowest BCUT2D eigenvalue weighted by Gasteiger charge is -2.25. The number of nitrogens with zero attached hydrogens (tertiary/aromatic N) is 2. The Balaban J connectivity index is 1.96. The quantitative estimate of drug-likeness (QED) is 0.373. The van der Waals surface area contributed by atoms with Crippen molar-refractivity contribution in [3.05, 3.63) is 89.5 Å². The number of benzene rings is 2. The largest absolute Gasteiger partial charge is 0.507 e. The van der Waals surface area contributed by atoms with E-state index in [2.05, 4.69) is 4.98 Å². The fourth-order valence-electron chi connectivity index (χ4n) is 3.72. The van der Waals surface area contributed by atoms with E-state index in [1.165, 1.54) is 44.7 Å². The average Bonchev–Trinajstić information content (AvgIpc) is 3.09. The summed E-state index contributed by atoms with van der Waals surface area (Å²) in [5, 5.41) is 11.2. The van der Waals surface area contributed by atoms with Crippen molar-refractivity contribution in [3.8, 4) is 11.5 Å². The van der Waals surface area contributed by atoms with Gasteiger partial charge in [-0.1, -0.05) is 12.1 Å². The van der Waals surface area contributed by atoms with Crippen molar-refractivity contribution in [3.63, 3.8) is 0 Å². The van der Waals surface area contributed by atoms with Crippen LogP contribution < -0.4 is 14.4 Å². The minimum absolute atomic E-state index is 0.157. The van der Waals surface area contributed by atoms with Gasteiger partial charge in [0.1, 0.15) is 23.1 Å². The Morgan fingerprint density at radius 1 is 1.06 bits per heavy atom. The van der Waals surface area contributed by atoms with Crippen LogP contribution in [-0.2, 0) is 9.59 Å². The third kappa shape index (κ3) is 3.56. The number of halogens is 1. The van der Waals surface area contributed by atoms with Gasteiger partial charge in [0.25, 0.3) is 11.7 Å². The van der Waals surface area contributed by atoms with Crippen molar-refractivity contribution in [2.75, 3.05) is 19.1 Å². The molecule has 0 bridgehead atoms. The first-order chi connectivity index (χ1) is 15.5. The van der Waals surface area contributed by atoms with Gasteiger partial charge in [-0.25, -0.2) is 4.39 Å². The second-order valence-corrected chi connectivity index (χ2v) is 7.00. The molecule has 2 heterocycles. The maximum Gasteiger partial charge on any atom is 0.300 e. The van der Waals surface area contributed by atoms with Gasteiger partial charge in [-0.05, 0) is 42.0 Å². The van der Waals surface area contributed by atoms with Crippen LogP contribution in [-0.4, -0.2) is 36.0 Å². The molecule has 1 unspecified atom stereocenters. The van der Waals surface area contributed by atoms with Gasteiger partial charge in [-0.2, -0.15) is 0 Å². The predicted molar refractivity (Wildman–Crippen MR) is 115 cm³/mol. The Morgan fingerprint density at radius 2 is 1.88 bits per heavy atom. The van der Waals surface area contributed by atoms with Crippen LogP contribution in [0.4, 0.5) is 10.1 Å². The van der Waals surface area contributed by atoms with Gasteiger partial charge in [-0.3, -0.25) is 19.5 Å². The first-order valence-electron chi connectivity index (χ1n) is 9.65. The van der Waals surface area contributed by atoms with Crippen LogP contribution in [0.25, 0.3) is 5.76 Å². The van der Waals surface area contributed by atoms with E-state index in [0.29, 0.717) is 11.3 Å². The maximum atomic E-state index is 13.9. The number of amides is 1. The molecule has 8 heteroatoms. The first-order valence-corrected chi connectivity index (χ1v) is 9.65. The summed E-state index contributed by atoms with van der Waals surface area (Å²) in [6.45, 7) is 0. The van der Waals surface area contributed by atoms with E-state index in [1.807, 2.05) is 0 Å². The molecule has 4 rings (SSSR count). The third-order valence-corrected chi connectivity index (χ3v) is 5.19. The molecule has 0 spiro atoms. The zero-order chi connectivity index (χ0) is 22.8. The lowest BCUT2D eigenvalue weighted by Crippen LogP contribution is -2.29. The highest BCUT2D eigenvalue weighted by Crippen LogP contribution is 2.43. The van der Waals surface area contributed by atoms with Crippen molar-refractivity contribution >= 4 is 23.1 Å². The summed E-state index contributed by atoms with van der Waals surface area (Å²) < 4.78 is 24.5. The number of ether oxygens (including phenoxy) is 2. The SMILES string of the molecule is COc1ccc(/C(O)=C2/C(=O)C(=O)N(c3cccc(F)c3)C2c2cccnc2)c(OC)c1. The molecule has 1 aromatic heterocycles. The Labute approximate surface area is 183 Å². The smallest absolute Gasteiger partial charge is 0.300 e. The Hall–Kier alpha value is -4.20. The van der Waals surface area contributed by atoms with Crippen LogP contribution in [0, 0.1) is 5.82 Å². The van der Waals surface area contributed by atoms with Gasteiger partial charge in [0.05, 0.1) is 31.4 Å². The van der Waals surface area contributed by atoms with Gasteiger partial charge in [0, 0.05) is 24.1 Å². The van der Waals surface area contributed by atoms with Crippen LogP contribution in [0.1, 0.15) is 17.2 Å². The second kappa shape index (κ2) is 8.50. The fourth-order valence-corrected chi connectivity index (χ4v) is 3.72. The fraction of sp³-hybridized carbons (Fsp3) is 0.125. The maximum absolute atomic E-state index is 13.9. The van der Waals surface area contributed by atoms with Crippen LogP contribution >= 0.6 is 0 Å². The van der Waals surface area contributed by atoms with Gasteiger partial charge in [-0.15, -0.1) is 0 Å². The second-order valence-electron chi connectivity index (χ2n) is 7.00. The number of carbonyl (C=O) groups excluding carboxylic acids is 2. The van der Waals surface area contributed by atoms with Crippen LogP contribution in [0.5, 0.6) is 11.5 Å². The lowest BCUT2D eigenvalue weighted by atomic mass is 9.95. The molecular formula is C24H19FN2O5. The number of methoxy groups -OCH3 is 2. The summed E-state index contributed by atoms with van der Waals surface area (Å²) in [4.78, 5) is 31.4. The van der Waals surface area contributed by atoms with E-state index in [1.54, 1.807) is 30.5 Å². The van der Waals surface area contributed by atoms with Gasteiger partial charge >= 0.3 is 0 Å². The number of aliphatic hydroxyl groups is 1. The number of ketones is 1. The van der Waals surface area contributed by atoms with Gasteiger partial charge in [0.15, 0.2) is 0 Å². The predicted octanol–water partition coefficient (Wildman–Crippen LogP) is 3.86. The van der Waals surface area contributed by atoms with Crippen molar-refractivity contribution in [2.24, 2.45) is 0 Å². The lowest BCUT2D eigenvalue weighted by molar-refractivity contribution is -0.132. The van der Waals surface area contributed by atoms with Gasteiger partial charge < -0.3 is 14.6 Å². The summed E-state index contributed by atoms with van der Waals surface area (Å²) in [6.07, 6.45) is 3.03. The van der Waals surface area contributed by atoms with Crippen molar-refractivity contribution in [1.82, 2.24) is 4.98 Å². The summed E-state index contributed by atoms with van der Waals surface area (Å²) in [7, 11) is 2.90. The van der Waals surface area contributed by atoms with Crippen molar-refractivity contribution < 1.29 is 28.6 Å². The highest BCUT2D eigenvalue weighted by Gasteiger charge is 2.47. The van der Waals surface area contributed by atoms with E-state index < -0.39 is 29.3 Å². The number of carbonyl (C=O) groups is 2. The van der Waals surface area contributed by atoms with Gasteiger partial charge in [0.2, 0.25) is 0 Å². The summed E-state index contributed by atoms with van der Waals surface area (Å²) >= 11 is 0. The molecule has 32 heavy (non-hydrogen) atoms. The van der Waals surface area contributed by atoms with Crippen LogP contribution in [0.2, 0.25) is 0 Å². The number of hydrogen-bond donors (Lipinski definition) is 1. The summed E-state index contributed by atoms with van der Waals surface area (Å²) in [5.41, 5.74) is 0.710. The zero-order valence-electron chi connectivity index (χ0n) is 17.3. The Bertz CT molecular complexity index is 1230. The highest BCUT2D eigenvalue weighted by atomic mass is 19.1. The Morgan fingerprint density at radius 3 is 2.53 bits per heavy atom. The number of aromatic nitrogens is 1. The van der Waals surface area contributed by atoms with E-state index in [-0.39, 0.29) is 22.6 Å². The molecule has 0 radical (unpaired) electrons. The number of hydrogen-bond acceptors (Lipinski definition) is 6. The molecule has 1 N–H and O–H groups in total. The number of rotatable bonds is 5. The zero-order valence-corrected chi connectivity index (χ0v) is 17.3. The average molecular weight is 434 g/mol. The molecule has 2 aromatic carbocycles. The molecule has 1 amide bonds. The molecule has 1 saturated heterocycles. The van der Waals surface area contributed by atoms with Crippen LogP contribution in [0.15, 0.2) is 72.6 Å². The van der Waals surface area contributed by atoms with E-state index in [4.69, 9.17) is 9.47 Å². The van der Waals surface area contributed by atoms with E-state index in [0.717, 1.165) is 11.0 Å². The van der Waals surface area contributed by atoms with E-state index in [9.17, 15) is 19.1 Å². The molecule has 1 aliphatic heterocycles. The molecule has 162 valence electrons. The number of aliphatic hydroxyl groups excluding tert-OH is 1. The topological polar surface area (TPSA) is 89.0 Å². The normalized spacial score (nSPS) is 17.5. The molecule has 1 atom stereocenters. The molecule has 0 saturated carbocycles. The minimum atomic E-state index is -1.02. The molecular weight excluding hydrogens is 415 g/mol. The molecule has 0 aliphatic carbocycles. The standard InChI is InChI=1S/C24H19FN2O5/c1-31-17-8-9-18(19(12-17)32-2)22(28)20-21(14-5-4-10-26-13-14)27(24(30)23(20)29)16-7-3-6-15(25)11-16/h3-13,21,28H,1-2H3/b22-20-. The summed E-state index contributed by atoms with van der Waals surface area (Å²) in [5.74, 6) is -2.04. The first kappa shape index (κ1) is 21.0. The minimum Gasteiger partial charge on any atom is -0.507 e. The monoisotopic (exact) mass is 434 g/mol. The van der Waals surface area contributed by atoms with Crippen molar-refractivity contribution in [2.45, 2.75) is 6.04 Å². The Kier molecular flexibility index (Phi) is 5.59. The molecule has 3 aromatic rings. The number of pyridine rings is 1. The molecule has 1 fully saturated rings. The van der Waals surface area contributed by atoms with E-state index >= 15 is 0 Å². The third-order valence-electron chi connectivity index (χ3n) is 5.19. The highest BCUT2D eigenvalue weighted by molar-refractivity contribution is 6.51. The van der Waals surface area contributed by atoms with Crippen molar-refractivity contribution in [1.29, 1.82) is 0 Å². The number of Topliss-reactive ketones (excluding diaryl/α,β-unsaturated/α-hetero) is 1. The summed E-state index contributed by atoms with van der Waals surface area (Å²) in [6, 6.07) is 12.3.